The van der Waals surface area contributed by atoms with Gasteiger partial charge in [0, 0.05) is 11.4 Å². The third kappa shape index (κ3) is 2.20. The summed E-state index contributed by atoms with van der Waals surface area (Å²) in [6.45, 7) is 6.19. The van der Waals surface area contributed by atoms with Gasteiger partial charge in [-0.25, -0.2) is 4.39 Å². The lowest BCUT2D eigenvalue weighted by atomic mass is 9.90. The van der Waals surface area contributed by atoms with Gasteiger partial charge in [0.05, 0.1) is 6.26 Å². The third-order valence-corrected chi connectivity index (χ3v) is 3.34. The zero-order valence-corrected chi connectivity index (χ0v) is 10.5. The normalized spacial score (nSPS) is 16.9. The van der Waals surface area contributed by atoms with Crippen LogP contribution in [0.25, 0.3) is 11.0 Å². The molecule has 2 aromatic rings. The van der Waals surface area contributed by atoms with E-state index in [1.807, 2.05) is 32.0 Å². The molecule has 2 atom stereocenters. The van der Waals surface area contributed by atoms with E-state index in [-0.39, 0.29) is 6.04 Å². The number of nitrogens with one attached hydrogen (secondary N) is 1. The van der Waals surface area contributed by atoms with E-state index >= 15 is 0 Å². The van der Waals surface area contributed by atoms with Gasteiger partial charge in [-0.1, -0.05) is 19.1 Å². The molecule has 1 N–H and O–H groups in total. The molecule has 0 aliphatic heterocycles. The summed E-state index contributed by atoms with van der Waals surface area (Å²) < 4.78 is 20.0. The molecule has 0 aliphatic rings. The lowest BCUT2D eigenvalue weighted by Gasteiger charge is -2.28. The first kappa shape index (κ1) is 12.1. The zero-order chi connectivity index (χ0) is 12.5. The number of hydrogen-bond acceptors (Lipinski definition) is 2. The Labute approximate surface area is 101 Å². The van der Waals surface area contributed by atoms with E-state index in [1.165, 1.54) is 0 Å². The molecule has 2 rings (SSSR count). The zero-order valence-electron chi connectivity index (χ0n) is 10.5. The highest BCUT2D eigenvalue weighted by Gasteiger charge is 2.32. The second-order valence-corrected chi connectivity index (χ2v) is 4.53. The van der Waals surface area contributed by atoms with Gasteiger partial charge in [-0.2, -0.15) is 0 Å². The molecule has 92 valence electrons. The fraction of sp³-hybridized carbons (Fsp3) is 0.429. The molecular weight excluding hydrogens is 217 g/mol. The average molecular weight is 235 g/mol. The molecular formula is C14H18FNO. The maximum absolute atomic E-state index is 14.7. The highest BCUT2D eigenvalue weighted by Crippen LogP contribution is 2.31. The van der Waals surface area contributed by atoms with Gasteiger partial charge in [0.1, 0.15) is 11.3 Å². The van der Waals surface area contributed by atoms with Gasteiger partial charge in [0.25, 0.3) is 0 Å². The second kappa shape index (κ2) is 4.49. The molecule has 0 radical (unpaired) electrons. The maximum Gasteiger partial charge on any atom is 0.148 e. The van der Waals surface area contributed by atoms with Crippen LogP contribution >= 0.6 is 0 Å². The molecule has 17 heavy (non-hydrogen) atoms. The van der Waals surface area contributed by atoms with E-state index in [9.17, 15) is 4.39 Å². The maximum atomic E-state index is 14.7. The Hall–Kier alpha value is -1.35. The number of rotatable bonds is 4. The Morgan fingerprint density at radius 2 is 2.18 bits per heavy atom. The summed E-state index contributed by atoms with van der Waals surface area (Å²) in [5, 5.41) is 4.12. The number of alkyl halides is 1. The highest BCUT2D eigenvalue weighted by molar-refractivity contribution is 5.77. The van der Waals surface area contributed by atoms with Crippen LogP contribution in [0.3, 0.4) is 0 Å². The van der Waals surface area contributed by atoms with Crippen LogP contribution < -0.4 is 5.32 Å². The van der Waals surface area contributed by atoms with Crippen LogP contribution in [0.4, 0.5) is 4.39 Å². The minimum Gasteiger partial charge on any atom is -0.464 e. The van der Waals surface area contributed by atoms with Crippen LogP contribution in [-0.4, -0.2) is 12.6 Å². The first-order chi connectivity index (χ1) is 8.05. The summed E-state index contributed by atoms with van der Waals surface area (Å²) in [5.41, 5.74) is -0.0275. The standard InChI is InChI=1S/C14H18FNO/c1-4-16-10(2)14(3,15)12-6-5-11-7-8-17-13(11)9-12/h5-10,16H,4H2,1-3H3. The smallest absolute Gasteiger partial charge is 0.148 e. The molecule has 0 fully saturated rings. The highest BCUT2D eigenvalue weighted by atomic mass is 19.1. The monoisotopic (exact) mass is 235 g/mol. The van der Waals surface area contributed by atoms with Gasteiger partial charge in [-0.05, 0) is 38.1 Å². The quantitative estimate of drug-likeness (QED) is 0.875. The predicted octanol–water partition coefficient (Wildman–Crippen LogP) is 3.62. The van der Waals surface area contributed by atoms with Crippen LogP contribution in [0.1, 0.15) is 26.3 Å². The summed E-state index contributed by atoms with van der Waals surface area (Å²) in [7, 11) is 0. The number of hydrogen-bond donors (Lipinski definition) is 1. The van der Waals surface area contributed by atoms with Crippen molar-refractivity contribution in [3.8, 4) is 0 Å². The second-order valence-electron chi connectivity index (χ2n) is 4.53. The van der Waals surface area contributed by atoms with E-state index < -0.39 is 5.67 Å². The van der Waals surface area contributed by atoms with Crippen molar-refractivity contribution in [2.45, 2.75) is 32.5 Å². The van der Waals surface area contributed by atoms with Gasteiger partial charge in [-0.15, -0.1) is 0 Å². The van der Waals surface area contributed by atoms with Crippen LogP contribution in [0, 0.1) is 0 Å². The van der Waals surface area contributed by atoms with Crippen LogP contribution in [-0.2, 0) is 5.67 Å². The van der Waals surface area contributed by atoms with E-state index in [1.54, 1.807) is 19.3 Å². The summed E-state index contributed by atoms with van der Waals surface area (Å²) in [6.07, 6.45) is 1.62. The van der Waals surface area contributed by atoms with Crippen LogP contribution in [0.5, 0.6) is 0 Å². The summed E-state index contributed by atoms with van der Waals surface area (Å²) >= 11 is 0. The number of furan rings is 1. The van der Waals surface area contributed by atoms with Crippen LogP contribution in [0.15, 0.2) is 34.9 Å². The number of halogens is 1. The molecule has 1 aromatic carbocycles. The van der Waals surface area contributed by atoms with Crippen molar-refractivity contribution in [2.75, 3.05) is 6.54 Å². The Balaban J connectivity index is 2.36. The predicted molar refractivity (Wildman–Crippen MR) is 67.8 cm³/mol. The van der Waals surface area contributed by atoms with Crippen molar-refractivity contribution in [3.05, 3.63) is 36.1 Å². The molecule has 0 bridgehead atoms. The summed E-state index contributed by atoms with van der Waals surface area (Å²) in [4.78, 5) is 0. The van der Waals surface area contributed by atoms with Gasteiger partial charge in [0.15, 0.2) is 0 Å². The van der Waals surface area contributed by atoms with Gasteiger partial charge >= 0.3 is 0 Å². The van der Waals surface area contributed by atoms with Crippen molar-refractivity contribution in [1.29, 1.82) is 0 Å². The largest absolute Gasteiger partial charge is 0.464 e. The first-order valence-electron chi connectivity index (χ1n) is 5.95. The topological polar surface area (TPSA) is 25.2 Å². The minimum absolute atomic E-state index is 0.236. The molecule has 1 aromatic heterocycles. The summed E-state index contributed by atoms with van der Waals surface area (Å²) in [6, 6.07) is 7.14. The van der Waals surface area contributed by atoms with Gasteiger partial charge in [-0.3, -0.25) is 0 Å². The van der Waals surface area contributed by atoms with Crippen molar-refractivity contribution in [3.63, 3.8) is 0 Å². The van der Waals surface area contributed by atoms with Crippen LogP contribution in [0.2, 0.25) is 0 Å². The van der Waals surface area contributed by atoms with E-state index in [2.05, 4.69) is 5.32 Å². The summed E-state index contributed by atoms with van der Waals surface area (Å²) in [5.74, 6) is 0. The minimum atomic E-state index is -1.41. The van der Waals surface area contributed by atoms with E-state index in [4.69, 9.17) is 4.42 Å². The average Bonchev–Trinajstić information content (AvgIpc) is 2.76. The third-order valence-electron chi connectivity index (χ3n) is 3.34. The molecule has 0 spiro atoms. The van der Waals surface area contributed by atoms with Crippen molar-refractivity contribution < 1.29 is 8.81 Å². The molecule has 0 saturated heterocycles. The Bertz CT molecular complexity index is 504. The molecule has 0 aliphatic carbocycles. The lowest BCUT2D eigenvalue weighted by molar-refractivity contribution is 0.136. The number of fused-ring (bicyclic) bond motifs is 1. The fourth-order valence-corrected chi connectivity index (χ4v) is 2.01. The van der Waals surface area contributed by atoms with E-state index in [0.29, 0.717) is 5.56 Å². The van der Waals surface area contributed by atoms with Gasteiger partial charge in [0.2, 0.25) is 0 Å². The molecule has 0 saturated carbocycles. The van der Waals surface area contributed by atoms with E-state index in [0.717, 1.165) is 17.5 Å². The Morgan fingerprint density at radius 1 is 1.41 bits per heavy atom. The SMILES string of the molecule is CCNC(C)C(C)(F)c1ccc2ccoc2c1. The molecule has 2 unspecified atom stereocenters. The molecule has 1 heterocycles. The molecule has 2 nitrogen and oxygen atoms in total. The van der Waals surface area contributed by atoms with Crippen molar-refractivity contribution in [2.24, 2.45) is 0 Å². The van der Waals surface area contributed by atoms with Gasteiger partial charge < -0.3 is 9.73 Å². The first-order valence-corrected chi connectivity index (χ1v) is 5.95. The number of benzene rings is 1. The molecule has 3 heteroatoms. The lowest BCUT2D eigenvalue weighted by Crippen LogP contribution is -2.41. The Kier molecular flexibility index (Phi) is 3.20. The van der Waals surface area contributed by atoms with Crippen molar-refractivity contribution >= 4 is 11.0 Å². The Morgan fingerprint density at radius 3 is 2.88 bits per heavy atom. The molecule has 0 amide bonds. The van der Waals surface area contributed by atoms with Crippen molar-refractivity contribution in [1.82, 2.24) is 5.32 Å². The number of likely N-dealkylation sites (N-methyl/N-ethyl adjacent to an activating group) is 1. The fourth-order valence-electron chi connectivity index (χ4n) is 2.01.